The van der Waals surface area contributed by atoms with E-state index in [0.29, 0.717) is 32.7 Å². The predicted molar refractivity (Wildman–Crippen MR) is 148 cm³/mol. The number of benzene rings is 2. The van der Waals surface area contributed by atoms with Crippen molar-refractivity contribution >= 4 is 20.2 Å². The van der Waals surface area contributed by atoms with Crippen molar-refractivity contribution in [2.75, 3.05) is 39.9 Å². The highest BCUT2D eigenvalue weighted by Crippen LogP contribution is 2.23. The van der Waals surface area contributed by atoms with Gasteiger partial charge in [0.25, 0.3) is 20.2 Å². The van der Waals surface area contributed by atoms with Crippen LogP contribution in [0.25, 0.3) is 0 Å². The Labute approximate surface area is 232 Å². The lowest BCUT2D eigenvalue weighted by molar-refractivity contribution is -0.0307. The first-order valence-corrected chi connectivity index (χ1v) is 16.2. The summed E-state index contributed by atoms with van der Waals surface area (Å²) in [6.07, 6.45) is 1.89. The van der Waals surface area contributed by atoms with Gasteiger partial charge in [0.2, 0.25) is 0 Å². The molecule has 0 N–H and O–H groups in total. The summed E-state index contributed by atoms with van der Waals surface area (Å²) in [6.45, 7) is 2.90. The average molecular weight is 589 g/mol. The minimum Gasteiger partial charge on any atom is -0.497 e. The second-order valence-electron chi connectivity index (χ2n) is 9.30. The maximum Gasteiger partial charge on any atom is 0.264 e. The van der Waals surface area contributed by atoms with Gasteiger partial charge < -0.3 is 18.9 Å². The van der Waals surface area contributed by atoms with Crippen LogP contribution in [0.3, 0.4) is 0 Å². The van der Waals surface area contributed by atoms with Crippen LogP contribution in [-0.4, -0.2) is 69.0 Å². The summed E-state index contributed by atoms with van der Waals surface area (Å²) in [5, 5.41) is 0. The first-order valence-electron chi connectivity index (χ1n) is 12.6. The Bertz CT molecular complexity index is 1180. The highest BCUT2D eigenvalue weighted by Gasteiger charge is 2.23. The molecule has 12 heteroatoms. The van der Waals surface area contributed by atoms with Gasteiger partial charge in [-0.2, -0.15) is 16.8 Å². The van der Waals surface area contributed by atoms with Crippen LogP contribution >= 0.6 is 0 Å². The summed E-state index contributed by atoms with van der Waals surface area (Å²) in [6, 6.07) is 15.2. The predicted octanol–water partition coefficient (Wildman–Crippen LogP) is 3.93. The monoisotopic (exact) mass is 588 g/mol. The minimum atomic E-state index is -3.76. The maximum absolute atomic E-state index is 11.8. The molecule has 39 heavy (non-hydrogen) atoms. The molecular formula is C27H40O10S2. The van der Waals surface area contributed by atoms with E-state index in [1.54, 1.807) is 14.2 Å². The molecule has 0 amide bonds. The van der Waals surface area contributed by atoms with E-state index in [0.717, 1.165) is 35.1 Å². The molecule has 0 bridgehead atoms. The second-order valence-corrected chi connectivity index (χ2v) is 12.5. The molecule has 3 atom stereocenters. The van der Waals surface area contributed by atoms with Crippen LogP contribution in [0.5, 0.6) is 11.5 Å². The fraction of sp³-hybridized carbons (Fsp3) is 0.556. The van der Waals surface area contributed by atoms with Crippen molar-refractivity contribution in [3.63, 3.8) is 0 Å². The fourth-order valence-corrected chi connectivity index (χ4v) is 4.89. The van der Waals surface area contributed by atoms with Crippen LogP contribution < -0.4 is 9.47 Å². The summed E-state index contributed by atoms with van der Waals surface area (Å²) >= 11 is 0. The molecule has 0 saturated carbocycles. The normalized spacial score (nSPS) is 14.5. The molecule has 0 spiro atoms. The van der Waals surface area contributed by atoms with E-state index in [1.165, 1.54) is 0 Å². The van der Waals surface area contributed by atoms with Gasteiger partial charge in [-0.3, -0.25) is 8.37 Å². The van der Waals surface area contributed by atoms with Crippen LogP contribution in [0.1, 0.15) is 37.3 Å². The van der Waals surface area contributed by atoms with Crippen molar-refractivity contribution in [2.24, 2.45) is 5.92 Å². The van der Waals surface area contributed by atoms with Gasteiger partial charge in [-0.15, -0.1) is 0 Å². The van der Waals surface area contributed by atoms with Crippen molar-refractivity contribution < 1.29 is 44.1 Å². The molecule has 0 heterocycles. The van der Waals surface area contributed by atoms with Gasteiger partial charge in [0.15, 0.2) is 0 Å². The quantitative estimate of drug-likeness (QED) is 0.223. The molecule has 2 rings (SSSR count). The average Bonchev–Trinajstić information content (AvgIpc) is 2.88. The highest BCUT2D eigenvalue weighted by atomic mass is 32.2. The molecular weight excluding hydrogens is 548 g/mol. The molecule has 0 aliphatic carbocycles. The number of methoxy groups -OCH3 is 2. The lowest BCUT2D eigenvalue weighted by Crippen LogP contribution is -2.28. The lowest BCUT2D eigenvalue weighted by Gasteiger charge is -2.26. The van der Waals surface area contributed by atoms with Crippen molar-refractivity contribution in [3.8, 4) is 11.5 Å². The van der Waals surface area contributed by atoms with Gasteiger partial charge in [0.05, 0.1) is 65.4 Å². The lowest BCUT2D eigenvalue weighted by atomic mass is 9.96. The zero-order valence-electron chi connectivity index (χ0n) is 23.2. The number of hydrogen-bond donors (Lipinski definition) is 0. The van der Waals surface area contributed by atoms with Gasteiger partial charge in [-0.1, -0.05) is 24.3 Å². The molecule has 0 aliphatic rings. The van der Waals surface area contributed by atoms with Crippen molar-refractivity contribution in [1.29, 1.82) is 0 Å². The SMILES string of the molecule is COc1ccc(COCC(CCC(CCOS(C)(=O)=O)OS(C)(=O)=O)C(C)OCc2ccc(OC)cc2)cc1. The summed E-state index contributed by atoms with van der Waals surface area (Å²) in [4.78, 5) is 0. The third kappa shape index (κ3) is 14.1. The Kier molecular flexibility index (Phi) is 13.7. The van der Waals surface area contributed by atoms with Crippen LogP contribution in [-0.2, 0) is 51.3 Å². The zero-order chi connectivity index (χ0) is 28.9. The standard InChI is InChI=1S/C27H40O10S2/c1-21(35-19-23-8-13-26(33-3)14-9-23)24(20-34-18-22-6-11-25(32-2)12-7-22)10-15-27(37-39(5,30)31)16-17-36-38(4,28)29/h6-9,11-14,21,24,27H,10,15-20H2,1-5H3. The molecule has 0 radical (unpaired) electrons. The largest absolute Gasteiger partial charge is 0.497 e. The molecule has 0 aliphatic heterocycles. The van der Waals surface area contributed by atoms with Gasteiger partial charge in [0.1, 0.15) is 11.5 Å². The molecule has 2 aromatic rings. The van der Waals surface area contributed by atoms with Crippen molar-refractivity contribution in [2.45, 2.75) is 51.6 Å². The zero-order valence-corrected chi connectivity index (χ0v) is 24.8. The van der Waals surface area contributed by atoms with E-state index >= 15 is 0 Å². The van der Waals surface area contributed by atoms with Crippen LogP contribution in [0.15, 0.2) is 48.5 Å². The molecule has 0 fully saturated rings. The first kappa shape index (κ1) is 33.0. The summed E-state index contributed by atoms with van der Waals surface area (Å²) in [5.41, 5.74) is 1.97. The molecule has 2 aromatic carbocycles. The molecule has 3 unspecified atom stereocenters. The summed E-state index contributed by atoms with van der Waals surface area (Å²) in [5.74, 6) is 1.42. The molecule has 220 valence electrons. The summed E-state index contributed by atoms with van der Waals surface area (Å²) < 4.78 is 78.8. The maximum atomic E-state index is 11.8. The van der Waals surface area contributed by atoms with E-state index in [4.69, 9.17) is 27.3 Å². The minimum absolute atomic E-state index is 0.0945. The Balaban J connectivity index is 2.04. The third-order valence-electron chi connectivity index (χ3n) is 6.00. The number of rotatable bonds is 19. The topological polar surface area (TPSA) is 124 Å². The van der Waals surface area contributed by atoms with E-state index in [1.807, 2.05) is 55.5 Å². The Morgan fingerprint density at radius 2 is 1.26 bits per heavy atom. The van der Waals surface area contributed by atoms with Crippen molar-refractivity contribution in [1.82, 2.24) is 0 Å². The van der Waals surface area contributed by atoms with E-state index in [-0.39, 0.29) is 25.0 Å². The van der Waals surface area contributed by atoms with E-state index < -0.39 is 26.3 Å². The van der Waals surface area contributed by atoms with Crippen LogP contribution in [0.2, 0.25) is 0 Å². The molecule has 0 aromatic heterocycles. The Hall–Kier alpha value is -2.22. The smallest absolute Gasteiger partial charge is 0.264 e. The summed E-state index contributed by atoms with van der Waals surface area (Å²) in [7, 11) is -4.19. The van der Waals surface area contributed by atoms with Gasteiger partial charge >= 0.3 is 0 Å². The molecule has 10 nitrogen and oxygen atoms in total. The first-order chi connectivity index (χ1) is 18.4. The van der Waals surface area contributed by atoms with Gasteiger partial charge in [-0.25, -0.2) is 0 Å². The Morgan fingerprint density at radius 3 is 1.74 bits per heavy atom. The molecule has 0 saturated heterocycles. The third-order valence-corrected chi connectivity index (χ3v) is 7.22. The Morgan fingerprint density at radius 1 is 0.718 bits per heavy atom. The second kappa shape index (κ2) is 16.1. The highest BCUT2D eigenvalue weighted by molar-refractivity contribution is 7.86. The number of ether oxygens (including phenoxy) is 4. The van der Waals surface area contributed by atoms with Crippen LogP contribution in [0, 0.1) is 5.92 Å². The van der Waals surface area contributed by atoms with Gasteiger partial charge in [-0.05, 0) is 61.6 Å². The van der Waals surface area contributed by atoms with Gasteiger partial charge in [0, 0.05) is 5.92 Å². The van der Waals surface area contributed by atoms with E-state index in [9.17, 15) is 16.8 Å². The number of hydrogen-bond acceptors (Lipinski definition) is 10. The fourth-order valence-electron chi connectivity index (χ4n) is 3.81. The van der Waals surface area contributed by atoms with E-state index in [2.05, 4.69) is 0 Å². The van der Waals surface area contributed by atoms with Crippen molar-refractivity contribution in [3.05, 3.63) is 59.7 Å². The van der Waals surface area contributed by atoms with Crippen LogP contribution in [0.4, 0.5) is 0 Å².